The van der Waals surface area contributed by atoms with Crippen LogP contribution < -0.4 is 0 Å². The van der Waals surface area contributed by atoms with Crippen molar-refractivity contribution in [3.63, 3.8) is 0 Å². The number of aromatic nitrogens is 2. The van der Waals surface area contributed by atoms with Crippen LogP contribution in [-0.4, -0.2) is 9.97 Å². The molecule has 1 aromatic heterocycles. The summed E-state index contributed by atoms with van der Waals surface area (Å²) in [5.41, 5.74) is 0.890. The van der Waals surface area contributed by atoms with Crippen LogP contribution in [0.5, 0.6) is 0 Å². The predicted molar refractivity (Wildman–Crippen MR) is 51.2 cm³/mol. The summed E-state index contributed by atoms with van der Waals surface area (Å²) in [6.07, 6.45) is 3.40. The van der Waals surface area contributed by atoms with E-state index < -0.39 is 0 Å². The molecule has 0 radical (unpaired) electrons. The van der Waals surface area contributed by atoms with E-state index in [2.05, 4.69) is 9.97 Å². The third kappa shape index (κ3) is 2.06. The van der Waals surface area contributed by atoms with Gasteiger partial charge in [0.2, 0.25) is 0 Å². The Kier molecular flexibility index (Phi) is 3.03. The van der Waals surface area contributed by atoms with E-state index >= 15 is 0 Å². The van der Waals surface area contributed by atoms with E-state index in [4.69, 9.17) is 0 Å². The van der Waals surface area contributed by atoms with Crippen molar-refractivity contribution in [3.05, 3.63) is 42.5 Å². The normalized spacial score (nSPS) is 9.31. The fraction of sp³-hybridized carbons (Fsp3) is 0. The van der Waals surface area contributed by atoms with Gasteiger partial charge in [0, 0.05) is 18.0 Å². The second-order valence-corrected chi connectivity index (χ2v) is 2.44. The highest BCUT2D eigenvalue weighted by Crippen LogP contribution is 2.13. The van der Waals surface area contributed by atoms with Crippen molar-refractivity contribution >= 4 is 12.4 Å². The van der Waals surface area contributed by atoms with E-state index in [-0.39, 0.29) is 18.2 Å². The number of nitrogens with zero attached hydrogens (tertiary/aromatic N) is 1. The summed E-state index contributed by atoms with van der Waals surface area (Å²) in [5.74, 6) is 0.528. The van der Waals surface area contributed by atoms with Crippen LogP contribution >= 0.6 is 12.4 Å². The zero-order valence-corrected chi connectivity index (χ0v) is 7.51. The fourth-order valence-corrected chi connectivity index (χ4v) is 1.03. The molecule has 0 bridgehead atoms. The van der Waals surface area contributed by atoms with E-state index in [9.17, 15) is 4.39 Å². The molecule has 0 fully saturated rings. The van der Waals surface area contributed by atoms with E-state index in [1.54, 1.807) is 24.5 Å². The van der Waals surface area contributed by atoms with Crippen LogP contribution in [0.4, 0.5) is 4.39 Å². The molecule has 2 aromatic rings. The molecule has 0 spiro atoms. The molecule has 2 rings (SSSR count). The van der Waals surface area contributed by atoms with Gasteiger partial charge in [-0.15, -0.1) is 12.4 Å². The molecule has 2 nitrogen and oxygen atoms in total. The summed E-state index contributed by atoms with van der Waals surface area (Å²) in [6, 6.07) is 6.21. The van der Waals surface area contributed by atoms with E-state index in [1.165, 1.54) is 12.1 Å². The van der Waals surface area contributed by atoms with Gasteiger partial charge in [0.25, 0.3) is 0 Å². The maximum atomic E-state index is 12.5. The van der Waals surface area contributed by atoms with Crippen molar-refractivity contribution in [2.45, 2.75) is 0 Å². The maximum absolute atomic E-state index is 12.5. The lowest BCUT2D eigenvalue weighted by Gasteiger charge is -1.94. The molecule has 1 N–H and O–H groups in total. The van der Waals surface area contributed by atoms with E-state index in [0.29, 0.717) is 0 Å². The molecule has 68 valence electrons. The molecular weight excluding hydrogens is 191 g/mol. The van der Waals surface area contributed by atoms with Crippen LogP contribution in [0, 0.1) is 5.82 Å². The first-order valence-corrected chi connectivity index (χ1v) is 3.61. The molecular formula is C9H8ClFN2. The number of hydrogen-bond donors (Lipinski definition) is 1. The Balaban J connectivity index is 0.000000845. The first kappa shape index (κ1) is 9.74. The Morgan fingerprint density at radius 1 is 1.15 bits per heavy atom. The second kappa shape index (κ2) is 4.05. The summed E-state index contributed by atoms with van der Waals surface area (Å²) in [4.78, 5) is 6.98. The number of aromatic amines is 1. The van der Waals surface area contributed by atoms with Gasteiger partial charge in [0.05, 0.1) is 0 Å². The monoisotopic (exact) mass is 198 g/mol. The highest BCUT2D eigenvalue weighted by Gasteiger charge is 1.97. The molecule has 4 heteroatoms. The lowest BCUT2D eigenvalue weighted by atomic mass is 10.2. The molecule has 0 saturated heterocycles. The van der Waals surface area contributed by atoms with Crippen LogP contribution in [-0.2, 0) is 0 Å². The van der Waals surface area contributed by atoms with Crippen molar-refractivity contribution in [2.24, 2.45) is 0 Å². The van der Waals surface area contributed by atoms with Gasteiger partial charge in [-0.2, -0.15) is 0 Å². The topological polar surface area (TPSA) is 28.7 Å². The van der Waals surface area contributed by atoms with Gasteiger partial charge in [0.15, 0.2) is 0 Å². The fourth-order valence-electron chi connectivity index (χ4n) is 1.03. The van der Waals surface area contributed by atoms with E-state index in [1.807, 2.05) is 0 Å². The first-order chi connectivity index (χ1) is 5.86. The standard InChI is InChI=1S/C9H7FN2.ClH/c10-8-3-1-7(2-4-8)9-11-5-6-12-9;/h1-6H,(H,11,12);1H. The van der Waals surface area contributed by atoms with Gasteiger partial charge in [0.1, 0.15) is 11.6 Å². The molecule has 1 heterocycles. The predicted octanol–water partition coefficient (Wildman–Crippen LogP) is 2.64. The SMILES string of the molecule is Cl.Fc1ccc(-c2ncc[nH]2)cc1. The molecule has 0 aliphatic carbocycles. The third-order valence-electron chi connectivity index (χ3n) is 1.62. The zero-order valence-electron chi connectivity index (χ0n) is 6.70. The number of H-pyrrole nitrogens is 1. The number of imidazole rings is 1. The van der Waals surface area contributed by atoms with Crippen molar-refractivity contribution in [1.82, 2.24) is 9.97 Å². The van der Waals surface area contributed by atoms with Gasteiger partial charge in [-0.05, 0) is 24.3 Å². The number of benzene rings is 1. The summed E-state index contributed by atoms with van der Waals surface area (Å²) in [5, 5.41) is 0. The quantitative estimate of drug-likeness (QED) is 0.750. The number of nitrogens with one attached hydrogen (secondary N) is 1. The van der Waals surface area contributed by atoms with Crippen LogP contribution in [0.3, 0.4) is 0 Å². The van der Waals surface area contributed by atoms with Crippen LogP contribution in [0.1, 0.15) is 0 Å². The molecule has 0 aliphatic heterocycles. The van der Waals surface area contributed by atoms with Crippen LogP contribution in [0.25, 0.3) is 11.4 Å². The second-order valence-electron chi connectivity index (χ2n) is 2.44. The van der Waals surface area contributed by atoms with Gasteiger partial charge < -0.3 is 4.98 Å². The molecule has 0 unspecified atom stereocenters. The van der Waals surface area contributed by atoms with Crippen LogP contribution in [0.2, 0.25) is 0 Å². The van der Waals surface area contributed by atoms with Gasteiger partial charge in [-0.25, -0.2) is 9.37 Å². The minimum atomic E-state index is -0.231. The summed E-state index contributed by atoms with van der Waals surface area (Å²) < 4.78 is 12.5. The number of hydrogen-bond acceptors (Lipinski definition) is 1. The smallest absolute Gasteiger partial charge is 0.137 e. The Bertz CT molecular complexity index is 356. The minimum absolute atomic E-state index is 0. The minimum Gasteiger partial charge on any atom is -0.345 e. The number of halogens is 2. The molecule has 0 saturated carbocycles. The zero-order chi connectivity index (χ0) is 8.39. The van der Waals surface area contributed by atoms with Crippen molar-refractivity contribution < 1.29 is 4.39 Å². The molecule has 0 atom stereocenters. The van der Waals surface area contributed by atoms with Gasteiger partial charge >= 0.3 is 0 Å². The Morgan fingerprint density at radius 3 is 2.38 bits per heavy atom. The maximum Gasteiger partial charge on any atom is 0.137 e. The lowest BCUT2D eigenvalue weighted by Crippen LogP contribution is -1.80. The lowest BCUT2D eigenvalue weighted by molar-refractivity contribution is 0.628. The average molecular weight is 199 g/mol. The van der Waals surface area contributed by atoms with Crippen molar-refractivity contribution in [2.75, 3.05) is 0 Å². The average Bonchev–Trinajstić information content (AvgIpc) is 2.58. The molecule has 0 aliphatic rings. The highest BCUT2D eigenvalue weighted by atomic mass is 35.5. The molecule has 13 heavy (non-hydrogen) atoms. The summed E-state index contributed by atoms with van der Waals surface area (Å²) >= 11 is 0. The van der Waals surface area contributed by atoms with Gasteiger partial charge in [-0.3, -0.25) is 0 Å². The van der Waals surface area contributed by atoms with E-state index in [0.717, 1.165) is 11.4 Å². The highest BCUT2D eigenvalue weighted by molar-refractivity contribution is 5.85. The molecule has 0 amide bonds. The van der Waals surface area contributed by atoms with Crippen molar-refractivity contribution in [1.29, 1.82) is 0 Å². The summed E-state index contributed by atoms with van der Waals surface area (Å²) in [7, 11) is 0. The Hall–Kier alpha value is -1.35. The largest absolute Gasteiger partial charge is 0.345 e. The first-order valence-electron chi connectivity index (χ1n) is 3.61. The number of rotatable bonds is 1. The Morgan fingerprint density at radius 2 is 1.85 bits per heavy atom. The van der Waals surface area contributed by atoms with Gasteiger partial charge in [-0.1, -0.05) is 0 Å². The molecule has 1 aromatic carbocycles. The van der Waals surface area contributed by atoms with Crippen LogP contribution in [0.15, 0.2) is 36.7 Å². The summed E-state index contributed by atoms with van der Waals surface area (Å²) in [6.45, 7) is 0. The third-order valence-corrected chi connectivity index (χ3v) is 1.62. The Labute approximate surface area is 81.2 Å². The van der Waals surface area contributed by atoms with Crippen molar-refractivity contribution in [3.8, 4) is 11.4 Å².